The summed E-state index contributed by atoms with van der Waals surface area (Å²) in [6.45, 7) is 4.08. The summed E-state index contributed by atoms with van der Waals surface area (Å²) in [5.41, 5.74) is 2.33. The van der Waals surface area contributed by atoms with Crippen LogP contribution in [0.25, 0.3) is 10.9 Å². The van der Waals surface area contributed by atoms with Crippen LogP contribution in [-0.4, -0.2) is 10.5 Å². The fourth-order valence-corrected chi connectivity index (χ4v) is 4.58. The highest BCUT2D eigenvalue weighted by atomic mass is 32.1. The Morgan fingerprint density at radius 3 is 2.67 bits per heavy atom. The summed E-state index contributed by atoms with van der Waals surface area (Å²) < 4.78 is 7.18. The van der Waals surface area contributed by atoms with Crippen LogP contribution in [-0.2, 0) is 11.8 Å². The third-order valence-corrected chi connectivity index (χ3v) is 5.66. The minimum absolute atomic E-state index is 0.0931. The first kappa shape index (κ1) is 15.1. The maximum absolute atomic E-state index is 13.0. The van der Waals surface area contributed by atoms with Crippen LogP contribution < -0.4 is 10.3 Å². The average Bonchev–Trinajstić information content (AvgIpc) is 2.90. The lowest BCUT2D eigenvalue weighted by molar-refractivity contribution is -0.135. The number of ether oxygens (including phenoxy) is 1. The summed E-state index contributed by atoms with van der Waals surface area (Å²) in [5.74, 6) is -0.0955. The van der Waals surface area contributed by atoms with Gasteiger partial charge in [-0.3, -0.25) is 9.59 Å². The highest BCUT2D eigenvalue weighted by Crippen LogP contribution is 2.42. The molecule has 0 saturated carbocycles. The molecule has 4 rings (SSSR count). The number of thiophene rings is 1. The van der Waals surface area contributed by atoms with Gasteiger partial charge >= 0.3 is 5.97 Å². The number of hydrogen-bond acceptors (Lipinski definition) is 4. The lowest BCUT2D eigenvalue weighted by Crippen LogP contribution is -2.31. The average molecular weight is 339 g/mol. The van der Waals surface area contributed by atoms with Crippen LogP contribution in [0.5, 0.6) is 5.75 Å². The third-order valence-electron chi connectivity index (χ3n) is 4.68. The van der Waals surface area contributed by atoms with E-state index in [1.165, 1.54) is 4.88 Å². The van der Waals surface area contributed by atoms with Gasteiger partial charge in [0.2, 0.25) is 0 Å². The Morgan fingerprint density at radius 2 is 1.96 bits per heavy atom. The molecular formula is C19H17NO3S. The molecule has 0 fully saturated rings. The molecular weight excluding hydrogens is 322 g/mol. The molecule has 1 aliphatic rings. The van der Waals surface area contributed by atoms with E-state index in [1.807, 2.05) is 38.1 Å². The van der Waals surface area contributed by atoms with E-state index < -0.39 is 0 Å². The van der Waals surface area contributed by atoms with Crippen LogP contribution >= 0.6 is 11.3 Å². The topological polar surface area (TPSA) is 48.3 Å². The van der Waals surface area contributed by atoms with Gasteiger partial charge in [-0.2, -0.15) is 0 Å². The molecule has 3 aromatic rings. The monoisotopic (exact) mass is 339 g/mol. The molecule has 2 aromatic heterocycles. The highest BCUT2D eigenvalue weighted by Gasteiger charge is 2.34. The van der Waals surface area contributed by atoms with Crippen molar-refractivity contribution in [3.63, 3.8) is 0 Å². The Labute approximate surface area is 143 Å². The highest BCUT2D eigenvalue weighted by molar-refractivity contribution is 7.12. The first-order valence-electron chi connectivity index (χ1n) is 7.86. The van der Waals surface area contributed by atoms with Crippen molar-refractivity contribution in [2.75, 3.05) is 0 Å². The molecule has 0 aliphatic carbocycles. The Morgan fingerprint density at radius 1 is 1.21 bits per heavy atom. The summed E-state index contributed by atoms with van der Waals surface area (Å²) in [6, 6.07) is 9.62. The zero-order valence-corrected chi connectivity index (χ0v) is 14.6. The van der Waals surface area contributed by atoms with Crippen LogP contribution in [0.15, 0.2) is 35.1 Å². The largest absolute Gasteiger partial charge is 0.425 e. The number of hydrogen-bond donors (Lipinski definition) is 0. The van der Waals surface area contributed by atoms with Gasteiger partial charge in [0.05, 0.1) is 17.5 Å². The van der Waals surface area contributed by atoms with Crippen molar-refractivity contribution in [1.82, 2.24) is 4.57 Å². The van der Waals surface area contributed by atoms with E-state index in [4.69, 9.17) is 4.74 Å². The number of esters is 1. The fourth-order valence-electron chi connectivity index (χ4n) is 3.59. The van der Waals surface area contributed by atoms with E-state index in [2.05, 4.69) is 6.07 Å². The lowest BCUT2D eigenvalue weighted by atomic mass is 9.86. The van der Waals surface area contributed by atoms with Crippen molar-refractivity contribution < 1.29 is 9.53 Å². The van der Waals surface area contributed by atoms with Gasteiger partial charge in [-0.05, 0) is 37.6 Å². The molecule has 4 nitrogen and oxygen atoms in total. The fraction of sp³-hybridized carbons (Fsp3) is 0.263. The minimum atomic E-state index is -0.283. The number of aromatic nitrogens is 1. The molecule has 1 aromatic carbocycles. The molecule has 122 valence electrons. The van der Waals surface area contributed by atoms with Crippen LogP contribution in [0.4, 0.5) is 0 Å². The second-order valence-electron chi connectivity index (χ2n) is 6.22. The predicted molar refractivity (Wildman–Crippen MR) is 95.1 cm³/mol. The quantitative estimate of drug-likeness (QED) is 0.636. The van der Waals surface area contributed by atoms with Crippen molar-refractivity contribution in [3.05, 3.63) is 61.6 Å². The lowest BCUT2D eigenvalue weighted by Gasteiger charge is -2.26. The van der Waals surface area contributed by atoms with Crippen molar-refractivity contribution in [1.29, 1.82) is 0 Å². The third kappa shape index (κ3) is 2.12. The minimum Gasteiger partial charge on any atom is -0.425 e. The van der Waals surface area contributed by atoms with Crippen molar-refractivity contribution in [2.45, 2.75) is 26.2 Å². The first-order valence-corrected chi connectivity index (χ1v) is 8.68. The molecule has 0 radical (unpaired) electrons. The van der Waals surface area contributed by atoms with Crippen molar-refractivity contribution in [3.8, 4) is 5.75 Å². The Hall–Kier alpha value is -2.40. The number of aryl methyl sites for hydroxylation is 3. The number of pyridine rings is 1. The second kappa shape index (κ2) is 5.31. The van der Waals surface area contributed by atoms with E-state index in [0.717, 1.165) is 21.3 Å². The van der Waals surface area contributed by atoms with E-state index >= 15 is 0 Å². The molecule has 24 heavy (non-hydrogen) atoms. The molecule has 5 heteroatoms. The van der Waals surface area contributed by atoms with Gasteiger partial charge in [0, 0.05) is 28.1 Å². The summed E-state index contributed by atoms with van der Waals surface area (Å²) >= 11 is 1.69. The van der Waals surface area contributed by atoms with Gasteiger partial charge in [0.1, 0.15) is 5.75 Å². The van der Waals surface area contributed by atoms with E-state index in [0.29, 0.717) is 11.3 Å². The maximum atomic E-state index is 13.0. The van der Waals surface area contributed by atoms with E-state index in [9.17, 15) is 9.59 Å². The Balaban J connectivity index is 2.09. The Bertz CT molecular complexity index is 1040. The molecule has 0 saturated heterocycles. The molecule has 1 atom stereocenters. The van der Waals surface area contributed by atoms with Gasteiger partial charge < -0.3 is 9.30 Å². The summed E-state index contributed by atoms with van der Waals surface area (Å²) in [7, 11) is 1.77. The van der Waals surface area contributed by atoms with Gasteiger partial charge in [0.25, 0.3) is 5.56 Å². The molecule has 3 heterocycles. The maximum Gasteiger partial charge on any atom is 0.312 e. The summed E-state index contributed by atoms with van der Waals surface area (Å²) in [5, 5.41) is 0.803. The van der Waals surface area contributed by atoms with Crippen molar-refractivity contribution in [2.24, 2.45) is 7.05 Å². The number of nitrogens with zero attached hydrogens (tertiary/aromatic N) is 1. The predicted octanol–water partition coefficient (Wildman–Crippen LogP) is 3.66. The van der Waals surface area contributed by atoms with Crippen LogP contribution in [0.1, 0.15) is 33.2 Å². The smallest absolute Gasteiger partial charge is 0.312 e. The zero-order valence-electron chi connectivity index (χ0n) is 13.8. The number of carbonyl (C=O) groups excluding carboxylic acids is 1. The van der Waals surface area contributed by atoms with Gasteiger partial charge in [-0.1, -0.05) is 12.1 Å². The molecule has 0 unspecified atom stereocenters. The van der Waals surface area contributed by atoms with Crippen LogP contribution in [0.3, 0.4) is 0 Å². The number of rotatable bonds is 1. The van der Waals surface area contributed by atoms with Gasteiger partial charge in [0.15, 0.2) is 0 Å². The zero-order chi connectivity index (χ0) is 17.0. The van der Waals surface area contributed by atoms with Gasteiger partial charge in [-0.25, -0.2) is 0 Å². The number of benzene rings is 1. The second-order valence-corrected chi connectivity index (χ2v) is 7.68. The van der Waals surface area contributed by atoms with Crippen LogP contribution in [0.2, 0.25) is 0 Å². The van der Waals surface area contributed by atoms with Crippen molar-refractivity contribution >= 4 is 28.2 Å². The molecule has 0 bridgehead atoms. The van der Waals surface area contributed by atoms with E-state index in [-0.39, 0.29) is 23.9 Å². The summed E-state index contributed by atoms with van der Waals surface area (Å²) in [6.07, 6.45) is 0.206. The first-order chi connectivity index (χ1) is 11.5. The van der Waals surface area contributed by atoms with Gasteiger partial charge in [-0.15, -0.1) is 11.3 Å². The molecule has 0 N–H and O–H groups in total. The van der Waals surface area contributed by atoms with E-state index in [1.54, 1.807) is 23.0 Å². The Kier molecular flexibility index (Phi) is 3.35. The molecule has 0 amide bonds. The number of para-hydroxylation sites is 1. The number of carbonyl (C=O) groups is 1. The number of fused-ring (bicyclic) bond motifs is 3. The summed E-state index contributed by atoms with van der Waals surface area (Å²) in [4.78, 5) is 27.6. The standard InChI is InChI=1S/C19H17NO3S/c1-10-8-13(11(2)24-10)14-9-16(21)23-18-12-6-4-5-7-15(12)20(3)19(22)17(14)18/h4-8,14H,9H2,1-3H3/t14-/m1/s1. The molecule has 0 spiro atoms. The SMILES string of the molecule is Cc1cc([C@H]2CC(=O)Oc3c2c(=O)n(C)c2ccccc32)c(C)s1. The normalized spacial score (nSPS) is 17.0. The molecule has 1 aliphatic heterocycles. The van der Waals surface area contributed by atoms with Crippen LogP contribution in [0, 0.1) is 13.8 Å².